The summed E-state index contributed by atoms with van der Waals surface area (Å²) in [5, 5.41) is 22.4. The Kier molecular flexibility index (Phi) is 6.46. The molecule has 0 aromatic heterocycles. The van der Waals surface area contributed by atoms with Gasteiger partial charge in [-0.25, -0.2) is 4.79 Å². The number of hydrogen-bond donors (Lipinski definition) is 4. The Morgan fingerprint density at radius 1 is 1.09 bits per heavy atom. The van der Waals surface area contributed by atoms with E-state index in [9.17, 15) is 15.0 Å². The number of aliphatic hydroxyl groups excluding tert-OH is 2. The molecule has 6 heteroatoms. The number of aliphatic hydroxyl groups is 2. The molecule has 0 radical (unpaired) electrons. The standard InChI is InChI=1S/C17H19NO4S/c19-15(16(20)13-6-8-14(23)9-7-13)10-18-17(21)22-11-12-4-2-1-3-5-12/h1-9,15-16,19-20,23H,10-11H2,(H,18,21). The van der Waals surface area contributed by atoms with Gasteiger partial charge in [-0.15, -0.1) is 12.6 Å². The van der Waals surface area contributed by atoms with Crippen LogP contribution in [0.5, 0.6) is 0 Å². The lowest BCUT2D eigenvalue weighted by Gasteiger charge is -2.18. The van der Waals surface area contributed by atoms with Crippen molar-refractivity contribution >= 4 is 18.7 Å². The number of ether oxygens (including phenoxy) is 1. The highest BCUT2D eigenvalue weighted by atomic mass is 32.1. The minimum atomic E-state index is -1.13. The predicted molar refractivity (Wildman–Crippen MR) is 89.3 cm³/mol. The highest BCUT2D eigenvalue weighted by molar-refractivity contribution is 7.80. The molecule has 2 aromatic carbocycles. The number of nitrogens with one attached hydrogen (secondary N) is 1. The zero-order valence-corrected chi connectivity index (χ0v) is 13.3. The van der Waals surface area contributed by atoms with E-state index in [4.69, 9.17) is 4.74 Å². The molecule has 2 rings (SSSR count). The summed E-state index contributed by atoms with van der Waals surface area (Å²) in [4.78, 5) is 12.4. The molecule has 2 aromatic rings. The van der Waals surface area contributed by atoms with Crippen molar-refractivity contribution in [3.8, 4) is 0 Å². The van der Waals surface area contributed by atoms with Crippen LogP contribution in [0.4, 0.5) is 4.79 Å². The Hall–Kier alpha value is -2.02. The molecule has 0 aliphatic carbocycles. The second-order valence-corrected chi connectivity index (χ2v) is 5.56. The maximum absolute atomic E-state index is 11.6. The van der Waals surface area contributed by atoms with Crippen LogP contribution in [0.3, 0.4) is 0 Å². The van der Waals surface area contributed by atoms with Gasteiger partial charge in [-0.05, 0) is 23.3 Å². The van der Waals surface area contributed by atoms with E-state index in [2.05, 4.69) is 17.9 Å². The molecule has 23 heavy (non-hydrogen) atoms. The number of alkyl carbamates (subject to hydrolysis) is 1. The summed E-state index contributed by atoms with van der Waals surface area (Å²) < 4.78 is 5.03. The molecule has 0 aliphatic heterocycles. The van der Waals surface area contributed by atoms with Crippen molar-refractivity contribution in [2.45, 2.75) is 23.7 Å². The van der Waals surface area contributed by atoms with E-state index < -0.39 is 18.3 Å². The van der Waals surface area contributed by atoms with Gasteiger partial charge in [0.05, 0.1) is 0 Å². The first-order valence-electron chi connectivity index (χ1n) is 7.16. The Balaban J connectivity index is 1.75. The van der Waals surface area contributed by atoms with Gasteiger partial charge in [-0.3, -0.25) is 0 Å². The molecule has 1 amide bonds. The van der Waals surface area contributed by atoms with Crippen molar-refractivity contribution in [2.24, 2.45) is 0 Å². The maximum atomic E-state index is 11.6. The third-order valence-corrected chi connectivity index (χ3v) is 3.57. The lowest BCUT2D eigenvalue weighted by molar-refractivity contribution is 0.0184. The quantitative estimate of drug-likeness (QED) is 0.612. The van der Waals surface area contributed by atoms with Gasteiger partial charge in [-0.1, -0.05) is 42.5 Å². The second-order valence-electron chi connectivity index (χ2n) is 5.05. The number of benzene rings is 2. The average Bonchev–Trinajstić information content (AvgIpc) is 2.58. The number of hydrogen-bond acceptors (Lipinski definition) is 5. The van der Waals surface area contributed by atoms with E-state index in [1.807, 2.05) is 30.3 Å². The third kappa shape index (κ3) is 5.59. The average molecular weight is 333 g/mol. The summed E-state index contributed by atoms with van der Waals surface area (Å²) in [5.74, 6) is 0. The molecule has 5 nitrogen and oxygen atoms in total. The zero-order valence-electron chi connectivity index (χ0n) is 12.4. The van der Waals surface area contributed by atoms with Gasteiger partial charge in [-0.2, -0.15) is 0 Å². The van der Waals surface area contributed by atoms with Crippen LogP contribution >= 0.6 is 12.6 Å². The van der Waals surface area contributed by atoms with Crippen LogP contribution in [0.25, 0.3) is 0 Å². The van der Waals surface area contributed by atoms with Crippen molar-refractivity contribution in [3.05, 3.63) is 65.7 Å². The number of amides is 1. The van der Waals surface area contributed by atoms with Gasteiger partial charge >= 0.3 is 6.09 Å². The number of carbonyl (C=O) groups excluding carboxylic acids is 1. The van der Waals surface area contributed by atoms with E-state index in [-0.39, 0.29) is 13.2 Å². The van der Waals surface area contributed by atoms with Crippen molar-refractivity contribution in [2.75, 3.05) is 6.54 Å². The van der Waals surface area contributed by atoms with Gasteiger partial charge in [0.25, 0.3) is 0 Å². The fourth-order valence-electron chi connectivity index (χ4n) is 1.97. The second kappa shape index (κ2) is 8.57. The monoisotopic (exact) mass is 333 g/mol. The van der Waals surface area contributed by atoms with Gasteiger partial charge in [0.1, 0.15) is 18.8 Å². The summed E-state index contributed by atoms with van der Waals surface area (Å²) in [7, 11) is 0. The number of carbonyl (C=O) groups is 1. The molecule has 0 fully saturated rings. The Morgan fingerprint density at radius 3 is 2.39 bits per heavy atom. The highest BCUT2D eigenvalue weighted by Crippen LogP contribution is 2.18. The number of rotatable bonds is 6. The summed E-state index contributed by atoms with van der Waals surface area (Å²) in [6.45, 7) is 0.0339. The molecule has 0 spiro atoms. The molecule has 0 heterocycles. The smallest absolute Gasteiger partial charge is 0.407 e. The largest absolute Gasteiger partial charge is 0.445 e. The van der Waals surface area contributed by atoms with E-state index in [0.717, 1.165) is 10.5 Å². The molecule has 122 valence electrons. The predicted octanol–water partition coefficient (Wildman–Crippen LogP) is 2.30. The van der Waals surface area contributed by atoms with Crippen LogP contribution in [0.2, 0.25) is 0 Å². The zero-order chi connectivity index (χ0) is 16.7. The first-order valence-corrected chi connectivity index (χ1v) is 7.60. The molecule has 3 N–H and O–H groups in total. The summed E-state index contributed by atoms with van der Waals surface area (Å²) in [6, 6.07) is 16.1. The lowest BCUT2D eigenvalue weighted by Crippen LogP contribution is -2.35. The first-order chi connectivity index (χ1) is 11.1. The highest BCUT2D eigenvalue weighted by Gasteiger charge is 2.19. The number of thiol groups is 1. The van der Waals surface area contributed by atoms with Crippen LogP contribution in [-0.2, 0) is 11.3 Å². The van der Waals surface area contributed by atoms with E-state index in [1.165, 1.54) is 0 Å². The summed E-state index contributed by atoms with van der Waals surface area (Å²) >= 11 is 4.16. The maximum Gasteiger partial charge on any atom is 0.407 e. The summed E-state index contributed by atoms with van der Waals surface area (Å²) in [5.41, 5.74) is 1.42. The van der Waals surface area contributed by atoms with Gasteiger partial charge < -0.3 is 20.3 Å². The molecule has 2 atom stereocenters. The normalized spacial score (nSPS) is 13.2. The van der Waals surface area contributed by atoms with Crippen LogP contribution in [0.15, 0.2) is 59.5 Å². The van der Waals surface area contributed by atoms with Crippen molar-refractivity contribution in [3.63, 3.8) is 0 Å². The molecule has 0 saturated carbocycles. The Labute approximate surface area is 140 Å². The van der Waals surface area contributed by atoms with Crippen LogP contribution in [0, 0.1) is 0 Å². The van der Waals surface area contributed by atoms with E-state index in [1.54, 1.807) is 24.3 Å². The Morgan fingerprint density at radius 2 is 1.74 bits per heavy atom. The molecular weight excluding hydrogens is 314 g/mol. The summed E-state index contributed by atoms with van der Waals surface area (Å²) in [6.07, 6.45) is -2.88. The Bertz CT molecular complexity index is 618. The van der Waals surface area contributed by atoms with Crippen molar-refractivity contribution in [1.82, 2.24) is 5.32 Å². The van der Waals surface area contributed by atoms with E-state index >= 15 is 0 Å². The van der Waals surface area contributed by atoms with Gasteiger partial charge in [0, 0.05) is 11.4 Å². The molecular formula is C17H19NO4S. The van der Waals surface area contributed by atoms with Crippen LogP contribution in [-0.4, -0.2) is 29.0 Å². The fourth-order valence-corrected chi connectivity index (χ4v) is 2.12. The van der Waals surface area contributed by atoms with E-state index in [0.29, 0.717) is 5.56 Å². The van der Waals surface area contributed by atoms with Crippen LogP contribution < -0.4 is 5.32 Å². The minimum Gasteiger partial charge on any atom is -0.445 e. The molecule has 2 unspecified atom stereocenters. The third-order valence-electron chi connectivity index (χ3n) is 3.27. The van der Waals surface area contributed by atoms with Crippen molar-refractivity contribution < 1.29 is 19.7 Å². The lowest BCUT2D eigenvalue weighted by atomic mass is 10.0. The van der Waals surface area contributed by atoms with Gasteiger partial charge in [0.2, 0.25) is 0 Å². The first kappa shape index (κ1) is 17.3. The topological polar surface area (TPSA) is 78.8 Å². The molecule has 0 aliphatic rings. The van der Waals surface area contributed by atoms with Crippen LogP contribution in [0.1, 0.15) is 17.2 Å². The minimum absolute atomic E-state index is 0.114. The van der Waals surface area contributed by atoms with Gasteiger partial charge in [0.15, 0.2) is 0 Å². The SMILES string of the molecule is O=C(NCC(O)C(O)c1ccc(S)cc1)OCc1ccccc1. The van der Waals surface area contributed by atoms with Crippen molar-refractivity contribution in [1.29, 1.82) is 0 Å². The molecule has 0 bridgehead atoms. The molecule has 0 saturated heterocycles. The fraction of sp³-hybridized carbons (Fsp3) is 0.235.